The highest BCUT2D eigenvalue weighted by molar-refractivity contribution is 5.94. The second kappa shape index (κ2) is 8.22. The molecule has 2 saturated heterocycles. The van der Waals surface area contributed by atoms with E-state index >= 15 is 0 Å². The first-order valence-electron chi connectivity index (χ1n) is 10.5. The number of carbonyl (C=O) groups is 2. The van der Waals surface area contributed by atoms with Crippen LogP contribution in [-0.2, 0) is 15.1 Å². The van der Waals surface area contributed by atoms with Crippen LogP contribution < -0.4 is 5.32 Å². The quantitative estimate of drug-likeness (QED) is 0.797. The third-order valence-corrected chi connectivity index (χ3v) is 5.59. The van der Waals surface area contributed by atoms with Crippen LogP contribution >= 0.6 is 0 Å². The topological polar surface area (TPSA) is 101 Å². The lowest BCUT2D eigenvalue weighted by molar-refractivity contribution is -0.160. The summed E-state index contributed by atoms with van der Waals surface area (Å²) in [5.74, 6) is -0.301. The van der Waals surface area contributed by atoms with Crippen molar-refractivity contribution in [1.82, 2.24) is 30.1 Å². The van der Waals surface area contributed by atoms with Gasteiger partial charge in [0, 0.05) is 57.0 Å². The van der Waals surface area contributed by atoms with E-state index in [4.69, 9.17) is 4.74 Å². The highest BCUT2D eigenvalue weighted by Crippen LogP contribution is 2.51. The van der Waals surface area contributed by atoms with E-state index in [1.807, 2.05) is 18.2 Å². The molecule has 2 atom stereocenters. The van der Waals surface area contributed by atoms with Crippen molar-refractivity contribution in [2.75, 3.05) is 32.7 Å². The Kier molecular flexibility index (Phi) is 5.62. The normalized spacial score (nSPS) is 23.8. The molecule has 0 aromatic carbocycles. The molecule has 2 aliphatic rings. The van der Waals surface area contributed by atoms with Crippen LogP contribution in [0.15, 0.2) is 42.9 Å². The molecule has 4 rings (SSSR count). The maximum Gasteiger partial charge on any atom is 0.411 e. The zero-order chi connectivity index (χ0) is 22.1. The van der Waals surface area contributed by atoms with Crippen LogP contribution in [-0.4, -0.2) is 75.1 Å². The third kappa shape index (κ3) is 3.85. The summed E-state index contributed by atoms with van der Waals surface area (Å²) in [4.78, 5) is 44.0. The molecule has 2 aromatic rings. The van der Waals surface area contributed by atoms with Gasteiger partial charge in [0.15, 0.2) is 11.4 Å². The van der Waals surface area contributed by atoms with E-state index in [1.165, 1.54) is 4.90 Å². The summed E-state index contributed by atoms with van der Waals surface area (Å²) >= 11 is 0. The average Bonchev–Trinajstić information content (AvgIpc) is 2.74. The lowest BCUT2D eigenvalue weighted by atomic mass is 9.70. The number of likely N-dealkylation sites (tertiary alicyclic amines) is 1. The first-order valence-corrected chi connectivity index (χ1v) is 10.5. The van der Waals surface area contributed by atoms with E-state index < -0.39 is 17.2 Å². The second-order valence-corrected chi connectivity index (χ2v) is 8.78. The van der Waals surface area contributed by atoms with Gasteiger partial charge in [-0.2, -0.15) is 0 Å². The van der Waals surface area contributed by atoms with E-state index in [1.54, 1.807) is 50.3 Å². The van der Waals surface area contributed by atoms with Crippen LogP contribution in [0.25, 0.3) is 0 Å². The first-order chi connectivity index (χ1) is 14.8. The van der Waals surface area contributed by atoms with Crippen LogP contribution in [0, 0.1) is 0 Å². The highest BCUT2D eigenvalue weighted by Gasteiger charge is 2.66. The predicted octanol–water partition coefficient (Wildman–Crippen LogP) is 1.53. The summed E-state index contributed by atoms with van der Waals surface area (Å²) in [6.07, 6.45) is 4.32. The SMILES string of the molecule is CC(C)(C)OC(=O)N1CC(c2ccccn2)C1(C(=O)N1CCNCC1)c1ncccn1. The number of aromatic nitrogens is 3. The number of nitrogens with one attached hydrogen (secondary N) is 1. The molecular weight excluding hydrogens is 396 g/mol. The molecule has 164 valence electrons. The van der Waals surface area contributed by atoms with Crippen LogP contribution in [0.2, 0.25) is 0 Å². The molecule has 2 aromatic heterocycles. The van der Waals surface area contributed by atoms with E-state index in [-0.39, 0.29) is 17.6 Å². The Labute approximate surface area is 181 Å². The van der Waals surface area contributed by atoms with Crippen molar-refractivity contribution in [2.24, 2.45) is 0 Å². The minimum absolute atomic E-state index is 0.201. The molecule has 9 heteroatoms. The Hall–Kier alpha value is -3.07. The number of hydrogen-bond acceptors (Lipinski definition) is 7. The minimum Gasteiger partial charge on any atom is -0.444 e. The van der Waals surface area contributed by atoms with Gasteiger partial charge in [0.1, 0.15) is 5.60 Å². The number of ether oxygens (including phenoxy) is 1. The van der Waals surface area contributed by atoms with Gasteiger partial charge < -0.3 is 15.0 Å². The van der Waals surface area contributed by atoms with Crippen LogP contribution in [0.5, 0.6) is 0 Å². The van der Waals surface area contributed by atoms with Gasteiger partial charge in [-0.15, -0.1) is 0 Å². The lowest BCUT2D eigenvalue weighted by Gasteiger charge is -2.56. The second-order valence-electron chi connectivity index (χ2n) is 8.78. The summed E-state index contributed by atoms with van der Waals surface area (Å²) in [5.41, 5.74) is -1.39. The molecule has 2 fully saturated rings. The molecule has 0 spiro atoms. The van der Waals surface area contributed by atoms with Gasteiger partial charge in [0.25, 0.3) is 5.91 Å². The van der Waals surface area contributed by atoms with Gasteiger partial charge >= 0.3 is 6.09 Å². The van der Waals surface area contributed by atoms with Crippen molar-refractivity contribution >= 4 is 12.0 Å². The molecule has 31 heavy (non-hydrogen) atoms. The molecule has 2 amide bonds. The standard InChI is InChI=1S/C22H28N6O3/c1-21(2,3)31-20(30)28-15-16(17-7-4-5-8-24-17)22(28,18-25-9-6-10-26-18)19(29)27-13-11-23-12-14-27/h4-10,16,23H,11-15H2,1-3H3. The molecule has 2 unspecified atom stereocenters. The number of nitrogens with zero attached hydrogens (tertiary/aromatic N) is 5. The molecular formula is C22H28N6O3. The molecule has 0 saturated carbocycles. The number of carbonyl (C=O) groups excluding carboxylic acids is 2. The summed E-state index contributed by atoms with van der Waals surface area (Å²) in [7, 11) is 0. The van der Waals surface area contributed by atoms with Crippen molar-refractivity contribution in [3.05, 3.63) is 54.4 Å². The zero-order valence-electron chi connectivity index (χ0n) is 18.1. The van der Waals surface area contributed by atoms with Crippen molar-refractivity contribution in [3.8, 4) is 0 Å². The Bertz CT molecular complexity index is 927. The number of rotatable bonds is 3. The Morgan fingerprint density at radius 1 is 1.06 bits per heavy atom. The van der Waals surface area contributed by atoms with Crippen LogP contribution in [0.3, 0.4) is 0 Å². The maximum absolute atomic E-state index is 14.1. The Balaban J connectivity index is 1.84. The minimum atomic E-state index is -1.41. The van der Waals surface area contributed by atoms with Crippen molar-refractivity contribution in [3.63, 3.8) is 0 Å². The van der Waals surface area contributed by atoms with Gasteiger partial charge in [0.2, 0.25) is 0 Å². The van der Waals surface area contributed by atoms with Gasteiger partial charge in [-0.05, 0) is 39.0 Å². The van der Waals surface area contributed by atoms with Gasteiger partial charge in [-0.25, -0.2) is 14.8 Å². The summed E-state index contributed by atoms with van der Waals surface area (Å²) in [6, 6.07) is 7.27. The van der Waals surface area contributed by atoms with Crippen LogP contribution in [0.4, 0.5) is 4.79 Å². The molecule has 2 aliphatic heterocycles. The van der Waals surface area contributed by atoms with Gasteiger partial charge in [0.05, 0.1) is 5.92 Å². The molecule has 4 heterocycles. The fraction of sp³-hybridized carbons (Fsp3) is 0.500. The molecule has 0 aliphatic carbocycles. The molecule has 9 nitrogen and oxygen atoms in total. The summed E-state index contributed by atoms with van der Waals surface area (Å²) in [5, 5.41) is 3.26. The number of hydrogen-bond donors (Lipinski definition) is 1. The predicted molar refractivity (Wildman–Crippen MR) is 113 cm³/mol. The van der Waals surface area contributed by atoms with Crippen LogP contribution in [0.1, 0.15) is 38.2 Å². The fourth-order valence-electron chi connectivity index (χ4n) is 4.20. The maximum atomic E-state index is 14.1. The number of amides is 2. The highest BCUT2D eigenvalue weighted by atomic mass is 16.6. The Morgan fingerprint density at radius 2 is 1.74 bits per heavy atom. The van der Waals surface area contributed by atoms with E-state index in [9.17, 15) is 9.59 Å². The van der Waals surface area contributed by atoms with Crippen molar-refractivity contribution in [2.45, 2.75) is 37.8 Å². The van der Waals surface area contributed by atoms with E-state index in [0.717, 1.165) is 5.69 Å². The smallest absolute Gasteiger partial charge is 0.411 e. The average molecular weight is 425 g/mol. The molecule has 0 bridgehead atoms. The largest absolute Gasteiger partial charge is 0.444 e. The molecule has 0 radical (unpaired) electrons. The summed E-state index contributed by atoms with van der Waals surface area (Å²) < 4.78 is 5.67. The number of pyridine rings is 1. The lowest BCUT2D eigenvalue weighted by Crippen LogP contribution is -2.73. The van der Waals surface area contributed by atoms with Gasteiger partial charge in [-0.3, -0.25) is 14.7 Å². The van der Waals surface area contributed by atoms with Crippen molar-refractivity contribution < 1.29 is 14.3 Å². The van der Waals surface area contributed by atoms with E-state index in [2.05, 4.69) is 20.3 Å². The zero-order valence-corrected chi connectivity index (χ0v) is 18.1. The monoisotopic (exact) mass is 424 g/mol. The fourth-order valence-corrected chi connectivity index (χ4v) is 4.20. The third-order valence-electron chi connectivity index (χ3n) is 5.59. The van der Waals surface area contributed by atoms with Crippen molar-refractivity contribution in [1.29, 1.82) is 0 Å². The van der Waals surface area contributed by atoms with Gasteiger partial charge in [-0.1, -0.05) is 6.07 Å². The summed E-state index contributed by atoms with van der Waals surface area (Å²) in [6.45, 7) is 8.19. The first kappa shape index (κ1) is 21.2. The molecule has 1 N–H and O–H groups in total. The Morgan fingerprint density at radius 3 is 2.35 bits per heavy atom. The van der Waals surface area contributed by atoms with E-state index in [0.29, 0.717) is 32.7 Å². The number of piperazine rings is 1.